The van der Waals surface area contributed by atoms with Crippen LogP contribution >= 0.6 is 0 Å². The molecule has 1 rings (SSSR count). The van der Waals surface area contributed by atoms with Gasteiger partial charge in [0, 0.05) is 18.4 Å². The third kappa shape index (κ3) is 1.80. The van der Waals surface area contributed by atoms with Crippen LogP contribution in [0.1, 0.15) is 25.5 Å². The fraction of sp³-hybridized carbons (Fsp3) is 0.500. The van der Waals surface area contributed by atoms with Crippen LogP contribution in [0.2, 0.25) is 0 Å². The summed E-state index contributed by atoms with van der Waals surface area (Å²) in [6, 6.07) is 1.50. The minimum absolute atomic E-state index is 0.300. The molecule has 1 aromatic heterocycles. The van der Waals surface area contributed by atoms with Gasteiger partial charge in [0.15, 0.2) is 0 Å². The number of ether oxygens (including phenoxy) is 1. The molecule has 0 saturated carbocycles. The maximum absolute atomic E-state index is 11.5. The van der Waals surface area contributed by atoms with Gasteiger partial charge < -0.3 is 15.5 Å². The normalized spacial score (nSPS) is 13.7. The van der Waals surface area contributed by atoms with Crippen molar-refractivity contribution in [2.45, 2.75) is 19.9 Å². The van der Waals surface area contributed by atoms with E-state index in [-0.39, 0.29) is 12.0 Å². The van der Waals surface area contributed by atoms with Crippen molar-refractivity contribution in [2.24, 2.45) is 11.1 Å². The lowest BCUT2D eigenvalue weighted by molar-refractivity contribution is -0.152. The second-order valence-electron chi connectivity index (χ2n) is 3.84. The summed E-state index contributed by atoms with van der Waals surface area (Å²) in [5, 5.41) is 0. The maximum atomic E-state index is 11.5. The van der Waals surface area contributed by atoms with Crippen LogP contribution in [0.15, 0.2) is 18.5 Å². The van der Waals surface area contributed by atoms with Gasteiger partial charge in [0.05, 0.1) is 12.5 Å². The van der Waals surface area contributed by atoms with Crippen molar-refractivity contribution in [1.82, 2.24) is 4.98 Å². The van der Waals surface area contributed by atoms with E-state index in [1.54, 1.807) is 26.2 Å². The Labute approximate surface area is 83.4 Å². The Bertz CT molecular complexity index is 304. The van der Waals surface area contributed by atoms with Crippen LogP contribution in [0, 0.1) is 5.41 Å². The van der Waals surface area contributed by atoms with E-state index in [2.05, 4.69) is 4.98 Å². The summed E-state index contributed by atoms with van der Waals surface area (Å²) in [5.41, 5.74) is 6.16. The first kappa shape index (κ1) is 10.8. The smallest absolute Gasteiger partial charge is 0.313 e. The molecule has 4 nitrogen and oxygen atoms in total. The van der Waals surface area contributed by atoms with Crippen LogP contribution in [0.25, 0.3) is 0 Å². The molecule has 0 spiro atoms. The van der Waals surface area contributed by atoms with Gasteiger partial charge in [-0.1, -0.05) is 0 Å². The fourth-order valence-electron chi connectivity index (χ4n) is 1.34. The van der Waals surface area contributed by atoms with Crippen LogP contribution in [0.5, 0.6) is 0 Å². The number of esters is 1. The van der Waals surface area contributed by atoms with Gasteiger partial charge >= 0.3 is 5.97 Å². The van der Waals surface area contributed by atoms with Crippen LogP contribution in [0.4, 0.5) is 0 Å². The third-order valence-corrected chi connectivity index (χ3v) is 2.47. The van der Waals surface area contributed by atoms with Gasteiger partial charge in [-0.15, -0.1) is 0 Å². The highest BCUT2D eigenvalue weighted by atomic mass is 16.5. The molecular formula is C10H16N2O2. The number of hydrogen-bond acceptors (Lipinski definition) is 3. The topological polar surface area (TPSA) is 68.1 Å². The molecule has 4 heteroatoms. The lowest BCUT2D eigenvalue weighted by atomic mass is 9.82. The van der Waals surface area contributed by atoms with E-state index >= 15 is 0 Å². The predicted molar refractivity (Wildman–Crippen MR) is 53.5 cm³/mol. The number of aromatic nitrogens is 1. The summed E-state index contributed by atoms with van der Waals surface area (Å²) in [4.78, 5) is 14.4. The highest BCUT2D eigenvalue weighted by molar-refractivity contribution is 5.77. The summed E-state index contributed by atoms with van der Waals surface area (Å²) in [7, 11) is 1.37. The quantitative estimate of drug-likeness (QED) is 0.714. The molecule has 1 aromatic rings. The standard InChI is InChI=1S/C10H16N2O2/c1-10(2,9(13)14-3)8(11)7-4-5-12-6-7/h4-6,8,12H,11H2,1-3H3. The van der Waals surface area contributed by atoms with Gasteiger partial charge in [-0.25, -0.2) is 0 Å². The molecule has 0 amide bonds. The first-order valence-corrected chi connectivity index (χ1v) is 4.47. The summed E-state index contributed by atoms with van der Waals surface area (Å²) < 4.78 is 4.71. The lowest BCUT2D eigenvalue weighted by Crippen LogP contribution is -2.37. The van der Waals surface area contributed by atoms with E-state index < -0.39 is 5.41 Å². The van der Waals surface area contributed by atoms with E-state index in [4.69, 9.17) is 10.5 Å². The van der Waals surface area contributed by atoms with Gasteiger partial charge in [-0.3, -0.25) is 4.79 Å². The zero-order chi connectivity index (χ0) is 10.8. The molecule has 0 radical (unpaired) electrons. The summed E-state index contributed by atoms with van der Waals surface area (Å²) in [6.07, 6.45) is 3.57. The summed E-state index contributed by atoms with van der Waals surface area (Å²) in [6.45, 7) is 3.55. The van der Waals surface area contributed by atoms with E-state index in [1.807, 2.05) is 6.07 Å². The Morgan fingerprint density at radius 2 is 2.29 bits per heavy atom. The Morgan fingerprint density at radius 3 is 2.71 bits per heavy atom. The van der Waals surface area contributed by atoms with E-state index in [0.29, 0.717) is 0 Å². The van der Waals surface area contributed by atoms with E-state index in [0.717, 1.165) is 5.56 Å². The average molecular weight is 196 g/mol. The molecule has 0 aliphatic rings. The molecule has 1 atom stereocenters. The maximum Gasteiger partial charge on any atom is 0.313 e. The number of nitrogens with one attached hydrogen (secondary N) is 1. The van der Waals surface area contributed by atoms with Crippen molar-refractivity contribution in [2.75, 3.05) is 7.11 Å². The predicted octanol–water partition coefficient (Wildman–Crippen LogP) is 1.21. The Kier molecular flexibility index (Phi) is 2.96. The van der Waals surface area contributed by atoms with E-state index in [1.165, 1.54) is 7.11 Å². The number of H-pyrrole nitrogens is 1. The van der Waals surface area contributed by atoms with Gasteiger partial charge in [-0.2, -0.15) is 0 Å². The first-order valence-electron chi connectivity index (χ1n) is 4.47. The molecule has 0 aliphatic heterocycles. The average Bonchev–Trinajstić information content (AvgIpc) is 2.67. The van der Waals surface area contributed by atoms with Gasteiger partial charge in [0.25, 0.3) is 0 Å². The first-order chi connectivity index (χ1) is 6.50. The second kappa shape index (κ2) is 3.84. The summed E-state index contributed by atoms with van der Waals surface area (Å²) >= 11 is 0. The van der Waals surface area contributed by atoms with Crippen LogP contribution in [-0.4, -0.2) is 18.1 Å². The SMILES string of the molecule is COC(=O)C(C)(C)C(N)c1cc[nH]c1. The molecule has 1 heterocycles. The molecule has 0 aromatic carbocycles. The lowest BCUT2D eigenvalue weighted by Gasteiger charge is -2.27. The summed E-state index contributed by atoms with van der Waals surface area (Å²) in [5.74, 6) is -0.300. The zero-order valence-electron chi connectivity index (χ0n) is 8.70. The van der Waals surface area contributed by atoms with Crippen LogP contribution in [0.3, 0.4) is 0 Å². The van der Waals surface area contributed by atoms with Gasteiger partial charge in [0.1, 0.15) is 0 Å². The van der Waals surface area contributed by atoms with Crippen molar-refractivity contribution in [3.05, 3.63) is 24.0 Å². The van der Waals surface area contributed by atoms with E-state index in [9.17, 15) is 4.79 Å². The minimum atomic E-state index is -0.711. The van der Waals surface area contributed by atoms with Crippen LogP contribution in [-0.2, 0) is 9.53 Å². The fourth-order valence-corrected chi connectivity index (χ4v) is 1.34. The number of methoxy groups -OCH3 is 1. The molecule has 3 N–H and O–H groups in total. The number of carbonyl (C=O) groups is 1. The Morgan fingerprint density at radius 1 is 1.64 bits per heavy atom. The highest BCUT2D eigenvalue weighted by Crippen LogP contribution is 2.31. The van der Waals surface area contributed by atoms with Crippen molar-refractivity contribution in [3.63, 3.8) is 0 Å². The highest BCUT2D eigenvalue weighted by Gasteiger charge is 2.36. The molecule has 0 saturated heterocycles. The Balaban J connectivity index is 2.88. The molecule has 1 unspecified atom stereocenters. The molecule has 0 fully saturated rings. The molecule has 78 valence electrons. The van der Waals surface area contributed by atoms with Crippen molar-refractivity contribution in [1.29, 1.82) is 0 Å². The number of nitrogens with two attached hydrogens (primary N) is 1. The largest absolute Gasteiger partial charge is 0.469 e. The number of carbonyl (C=O) groups excluding carboxylic acids is 1. The van der Waals surface area contributed by atoms with Crippen molar-refractivity contribution >= 4 is 5.97 Å². The molecule has 0 bridgehead atoms. The molecule has 0 aliphatic carbocycles. The number of rotatable bonds is 3. The Hall–Kier alpha value is -1.29. The van der Waals surface area contributed by atoms with Gasteiger partial charge in [-0.05, 0) is 25.5 Å². The monoisotopic (exact) mass is 196 g/mol. The zero-order valence-corrected chi connectivity index (χ0v) is 8.70. The molecule has 14 heavy (non-hydrogen) atoms. The minimum Gasteiger partial charge on any atom is -0.469 e. The van der Waals surface area contributed by atoms with Crippen molar-refractivity contribution in [3.8, 4) is 0 Å². The third-order valence-electron chi connectivity index (χ3n) is 2.47. The number of aromatic amines is 1. The molecular weight excluding hydrogens is 180 g/mol. The number of hydrogen-bond donors (Lipinski definition) is 2. The van der Waals surface area contributed by atoms with Gasteiger partial charge in [0.2, 0.25) is 0 Å². The second-order valence-corrected chi connectivity index (χ2v) is 3.84. The van der Waals surface area contributed by atoms with Crippen LogP contribution < -0.4 is 5.73 Å². The van der Waals surface area contributed by atoms with Crippen molar-refractivity contribution < 1.29 is 9.53 Å².